The minimum absolute atomic E-state index is 0.0256. The van der Waals surface area contributed by atoms with Crippen LogP contribution in [0.2, 0.25) is 0 Å². The molecule has 0 amide bonds. The van der Waals surface area contributed by atoms with Gasteiger partial charge in [0, 0.05) is 0 Å². The molecule has 0 aliphatic rings. The molecule has 0 saturated carbocycles. The molecule has 0 atom stereocenters. The predicted molar refractivity (Wildman–Crippen MR) is 71.1 cm³/mol. The highest BCUT2D eigenvalue weighted by Gasteiger charge is 2.17. The Morgan fingerprint density at radius 1 is 1.33 bits per heavy atom. The molecule has 98 valence electrons. The Hall–Kier alpha value is -2.04. The molecule has 1 rings (SSSR count). The minimum atomic E-state index is -0.507. The molecule has 0 aliphatic carbocycles. The molecule has 4 N–H and O–H groups in total. The van der Waals surface area contributed by atoms with Crippen molar-refractivity contribution < 1.29 is 9.53 Å². The highest BCUT2D eigenvalue weighted by molar-refractivity contribution is 5.89. The average Bonchev–Trinajstić information content (AvgIpc) is 2.24. The van der Waals surface area contributed by atoms with E-state index in [1.54, 1.807) is 18.2 Å². The summed E-state index contributed by atoms with van der Waals surface area (Å²) in [5.74, 6) is -0.327. The number of guanidine groups is 1. The molecule has 0 saturated heterocycles. The molecule has 0 aromatic heterocycles. The lowest BCUT2D eigenvalue weighted by molar-refractivity contribution is 0.00694. The zero-order chi connectivity index (χ0) is 13.8. The minimum Gasteiger partial charge on any atom is -0.456 e. The number of benzene rings is 1. The van der Waals surface area contributed by atoms with Crippen molar-refractivity contribution >= 4 is 11.9 Å². The maximum absolute atomic E-state index is 11.8. The number of nitrogens with two attached hydrogens (primary N) is 2. The summed E-state index contributed by atoms with van der Waals surface area (Å²) in [5.41, 5.74) is 11.4. The smallest absolute Gasteiger partial charge is 0.338 e. The quantitative estimate of drug-likeness (QED) is 0.481. The molecule has 0 unspecified atom stereocenters. The van der Waals surface area contributed by atoms with E-state index in [0.29, 0.717) is 12.1 Å². The molecule has 1 aromatic rings. The van der Waals surface area contributed by atoms with Crippen LogP contribution < -0.4 is 11.5 Å². The van der Waals surface area contributed by atoms with Crippen LogP contribution in [0.3, 0.4) is 0 Å². The van der Waals surface area contributed by atoms with E-state index in [9.17, 15) is 4.79 Å². The fourth-order valence-electron chi connectivity index (χ4n) is 1.32. The number of nitrogens with zero attached hydrogens (tertiary/aromatic N) is 1. The summed E-state index contributed by atoms with van der Waals surface area (Å²) < 4.78 is 5.28. The van der Waals surface area contributed by atoms with Gasteiger partial charge in [-0.25, -0.2) is 9.79 Å². The second kappa shape index (κ2) is 5.53. The fraction of sp³-hybridized carbons (Fsp3) is 0.385. The lowest BCUT2D eigenvalue weighted by Gasteiger charge is -2.19. The van der Waals surface area contributed by atoms with Crippen molar-refractivity contribution in [2.24, 2.45) is 16.5 Å². The van der Waals surface area contributed by atoms with Crippen molar-refractivity contribution in [2.45, 2.75) is 32.9 Å². The molecule has 5 heteroatoms. The van der Waals surface area contributed by atoms with Gasteiger partial charge in [0.05, 0.1) is 12.1 Å². The second-order valence-electron chi connectivity index (χ2n) is 4.94. The third kappa shape index (κ3) is 4.86. The lowest BCUT2D eigenvalue weighted by Crippen LogP contribution is -2.24. The van der Waals surface area contributed by atoms with Gasteiger partial charge in [0.15, 0.2) is 5.96 Å². The van der Waals surface area contributed by atoms with Crippen molar-refractivity contribution in [1.29, 1.82) is 0 Å². The van der Waals surface area contributed by atoms with Crippen molar-refractivity contribution in [1.82, 2.24) is 0 Å². The predicted octanol–water partition coefficient (Wildman–Crippen LogP) is 1.42. The number of ether oxygens (including phenoxy) is 1. The highest BCUT2D eigenvalue weighted by atomic mass is 16.6. The number of aliphatic imine (C=N–C) groups is 1. The Bertz CT molecular complexity index is 458. The molecule has 0 radical (unpaired) electrons. The number of hydrogen-bond donors (Lipinski definition) is 2. The highest BCUT2D eigenvalue weighted by Crippen LogP contribution is 2.13. The molecule has 0 fully saturated rings. The normalized spacial score (nSPS) is 10.8. The molecular weight excluding hydrogens is 230 g/mol. The van der Waals surface area contributed by atoms with Crippen molar-refractivity contribution in [2.75, 3.05) is 0 Å². The SMILES string of the molecule is CC(C)(C)OC(=O)c1cccc(CN=C(N)N)c1. The Morgan fingerprint density at radius 3 is 2.56 bits per heavy atom. The Kier molecular flexibility index (Phi) is 4.31. The average molecular weight is 249 g/mol. The van der Waals surface area contributed by atoms with E-state index in [4.69, 9.17) is 16.2 Å². The van der Waals surface area contributed by atoms with Gasteiger partial charge in [-0.1, -0.05) is 12.1 Å². The van der Waals surface area contributed by atoms with E-state index in [0.717, 1.165) is 5.56 Å². The van der Waals surface area contributed by atoms with Gasteiger partial charge in [-0.2, -0.15) is 0 Å². The first-order valence-corrected chi connectivity index (χ1v) is 5.65. The first-order chi connectivity index (χ1) is 8.28. The largest absolute Gasteiger partial charge is 0.456 e. The van der Waals surface area contributed by atoms with E-state index in [2.05, 4.69) is 4.99 Å². The number of carbonyl (C=O) groups excluding carboxylic acids is 1. The molecular formula is C13H19N3O2. The molecule has 5 nitrogen and oxygen atoms in total. The van der Waals surface area contributed by atoms with E-state index in [1.807, 2.05) is 26.8 Å². The summed E-state index contributed by atoms with van der Waals surface area (Å²) in [4.78, 5) is 15.7. The van der Waals surface area contributed by atoms with Crippen LogP contribution in [-0.4, -0.2) is 17.5 Å². The van der Waals surface area contributed by atoms with Gasteiger partial charge in [-0.15, -0.1) is 0 Å². The lowest BCUT2D eigenvalue weighted by atomic mass is 10.1. The first-order valence-electron chi connectivity index (χ1n) is 5.65. The van der Waals surface area contributed by atoms with E-state index in [-0.39, 0.29) is 11.9 Å². The van der Waals surface area contributed by atoms with Gasteiger partial charge in [0.25, 0.3) is 0 Å². The van der Waals surface area contributed by atoms with Crippen LogP contribution in [0, 0.1) is 0 Å². The Morgan fingerprint density at radius 2 is 2.00 bits per heavy atom. The third-order valence-corrected chi connectivity index (χ3v) is 2.01. The van der Waals surface area contributed by atoms with Crippen molar-refractivity contribution in [3.8, 4) is 0 Å². The summed E-state index contributed by atoms with van der Waals surface area (Å²) in [6, 6.07) is 7.05. The number of rotatable bonds is 3. The van der Waals surface area contributed by atoms with E-state index in [1.165, 1.54) is 0 Å². The van der Waals surface area contributed by atoms with Crippen LogP contribution in [0.4, 0.5) is 0 Å². The maximum Gasteiger partial charge on any atom is 0.338 e. The van der Waals surface area contributed by atoms with Gasteiger partial charge in [0.1, 0.15) is 5.60 Å². The number of hydrogen-bond acceptors (Lipinski definition) is 3. The molecule has 0 spiro atoms. The molecule has 0 aliphatic heterocycles. The third-order valence-electron chi connectivity index (χ3n) is 2.01. The summed E-state index contributed by atoms with van der Waals surface area (Å²) in [7, 11) is 0. The molecule has 18 heavy (non-hydrogen) atoms. The van der Waals surface area contributed by atoms with Crippen LogP contribution in [0.5, 0.6) is 0 Å². The molecule has 0 bridgehead atoms. The van der Waals surface area contributed by atoms with Gasteiger partial charge >= 0.3 is 5.97 Å². The zero-order valence-corrected chi connectivity index (χ0v) is 10.9. The maximum atomic E-state index is 11.8. The van der Waals surface area contributed by atoms with Gasteiger partial charge in [0.2, 0.25) is 0 Å². The zero-order valence-electron chi connectivity index (χ0n) is 10.9. The fourth-order valence-corrected chi connectivity index (χ4v) is 1.32. The van der Waals surface area contributed by atoms with Gasteiger partial charge in [-0.05, 0) is 38.5 Å². The Balaban J connectivity index is 2.82. The van der Waals surface area contributed by atoms with Crippen LogP contribution in [0.1, 0.15) is 36.7 Å². The van der Waals surface area contributed by atoms with Crippen LogP contribution in [-0.2, 0) is 11.3 Å². The van der Waals surface area contributed by atoms with Crippen molar-refractivity contribution in [3.63, 3.8) is 0 Å². The van der Waals surface area contributed by atoms with Crippen LogP contribution >= 0.6 is 0 Å². The summed E-state index contributed by atoms with van der Waals surface area (Å²) in [5, 5.41) is 0. The molecule has 1 aromatic carbocycles. The van der Waals surface area contributed by atoms with Crippen molar-refractivity contribution in [3.05, 3.63) is 35.4 Å². The number of carbonyl (C=O) groups is 1. The standard InChI is InChI=1S/C13H19N3O2/c1-13(2,3)18-11(17)10-6-4-5-9(7-10)8-16-12(14)15/h4-7H,8H2,1-3H3,(H4,14,15,16). The van der Waals surface area contributed by atoms with Crippen LogP contribution in [0.15, 0.2) is 29.3 Å². The van der Waals surface area contributed by atoms with Gasteiger partial charge < -0.3 is 16.2 Å². The molecule has 0 heterocycles. The Labute approximate surface area is 107 Å². The van der Waals surface area contributed by atoms with E-state index < -0.39 is 5.60 Å². The van der Waals surface area contributed by atoms with E-state index >= 15 is 0 Å². The van der Waals surface area contributed by atoms with Gasteiger partial charge in [-0.3, -0.25) is 0 Å². The summed E-state index contributed by atoms with van der Waals surface area (Å²) in [6.45, 7) is 5.83. The first kappa shape index (κ1) is 14.0. The number of esters is 1. The second-order valence-corrected chi connectivity index (χ2v) is 4.94. The summed E-state index contributed by atoms with van der Waals surface area (Å²) >= 11 is 0. The van der Waals surface area contributed by atoms with Crippen LogP contribution in [0.25, 0.3) is 0 Å². The monoisotopic (exact) mass is 249 g/mol. The topological polar surface area (TPSA) is 90.7 Å². The summed E-state index contributed by atoms with van der Waals surface area (Å²) in [6.07, 6.45) is 0.